The van der Waals surface area contributed by atoms with Gasteiger partial charge in [-0.15, -0.1) is 0 Å². The first-order chi connectivity index (χ1) is 10.1. The van der Waals surface area contributed by atoms with Crippen LogP contribution < -0.4 is 5.32 Å². The normalized spacial score (nSPS) is 10.2. The first-order valence-corrected chi connectivity index (χ1v) is 6.94. The molecule has 3 nitrogen and oxygen atoms in total. The minimum Gasteiger partial charge on any atom is -0.323 e. The van der Waals surface area contributed by atoms with Crippen LogP contribution in [0.2, 0.25) is 0 Å². The fourth-order valence-corrected chi connectivity index (χ4v) is 2.07. The average molecular weight is 286 g/mol. The monoisotopic (exact) mass is 286 g/mol. The molecule has 0 aromatic heterocycles. The van der Waals surface area contributed by atoms with Gasteiger partial charge in [-0.1, -0.05) is 31.2 Å². The molecular weight excluding hydrogens is 267 g/mol. The van der Waals surface area contributed by atoms with E-state index >= 15 is 0 Å². The van der Waals surface area contributed by atoms with E-state index in [2.05, 4.69) is 12.2 Å². The SMILES string of the molecule is CCc1cccc(NC(=O)N(C)Cc2cccc(F)c2)c1. The molecule has 0 aliphatic rings. The standard InChI is InChI=1S/C17H19FN2O/c1-3-13-6-5-9-16(11-13)19-17(21)20(2)12-14-7-4-8-15(18)10-14/h4-11H,3,12H2,1-2H3,(H,19,21). The van der Waals surface area contributed by atoms with Crippen LogP contribution in [0.5, 0.6) is 0 Å². The summed E-state index contributed by atoms with van der Waals surface area (Å²) in [7, 11) is 1.68. The van der Waals surface area contributed by atoms with Crippen LogP contribution in [0, 0.1) is 5.82 Å². The Morgan fingerprint density at radius 1 is 1.14 bits per heavy atom. The second-order valence-electron chi connectivity index (χ2n) is 4.97. The molecule has 0 bridgehead atoms. The molecule has 4 heteroatoms. The van der Waals surface area contributed by atoms with Crippen molar-refractivity contribution in [2.75, 3.05) is 12.4 Å². The van der Waals surface area contributed by atoms with Crippen molar-refractivity contribution >= 4 is 11.7 Å². The molecule has 0 fully saturated rings. The molecule has 2 rings (SSSR count). The Bertz CT molecular complexity index is 628. The number of benzene rings is 2. The first kappa shape index (κ1) is 15.0. The topological polar surface area (TPSA) is 32.3 Å². The van der Waals surface area contributed by atoms with Crippen molar-refractivity contribution in [2.45, 2.75) is 19.9 Å². The van der Waals surface area contributed by atoms with Crippen LogP contribution >= 0.6 is 0 Å². The summed E-state index contributed by atoms with van der Waals surface area (Å²) in [6, 6.07) is 13.8. The average Bonchev–Trinajstić information content (AvgIpc) is 2.47. The smallest absolute Gasteiger partial charge is 0.321 e. The molecule has 21 heavy (non-hydrogen) atoms. The lowest BCUT2D eigenvalue weighted by Crippen LogP contribution is -2.30. The summed E-state index contributed by atoms with van der Waals surface area (Å²) in [5, 5.41) is 2.84. The van der Waals surface area contributed by atoms with Crippen molar-refractivity contribution in [1.82, 2.24) is 4.90 Å². The largest absolute Gasteiger partial charge is 0.323 e. The highest BCUT2D eigenvalue weighted by atomic mass is 19.1. The number of nitrogens with zero attached hydrogens (tertiary/aromatic N) is 1. The van der Waals surface area contributed by atoms with E-state index in [4.69, 9.17) is 0 Å². The molecule has 2 aromatic carbocycles. The number of carbonyl (C=O) groups is 1. The number of urea groups is 1. The Morgan fingerprint density at radius 3 is 2.57 bits per heavy atom. The minimum absolute atomic E-state index is 0.215. The zero-order chi connectivity index (χ0) is 15.2. The number of carbonyl (C=O) groups excluding carboxylic acids is 1. The zero-order valence-corrected chi connectivity index (χ0v) is 12.3. The molecule has 1 N–H and O–H groups in total. The van der Waals surface area contributed by atoms with Gasteiger partial charge in [0, 0.05) is 19.3 Å². The Morgan fingerprint density at radius 2 is 1.86 bits per heavy atom. The quantitative estimate of drug-likeness (QED) is 0.903. The maximum Gasteiger partial charge on any atom is 0.321 e. The molecule has 0 heterocycles. The Labute approximate surface area is 124 Å². The highest BCUT2D eigenvalue weighted by Gasteiger charge is 2.10. The number of halogens is 1. The third-order valence-corrected chi connectivity index (χ3v) is 3.24. The molecule has 2 aromatic rings. The number of rotatable bonds is 4. The fourth-order valence-electron chi connectivity index (χ4n) is 2.07. The molecule has 0 atom stereocenters. The van der Waals surface area contributed by atoms with Crippen molar-refractivity contribution in [2.24, 2.45) is 0 Å². The molecule has 110 valence electrons. The molecule has 0 radical (unpaired) electrons. The number of anilines is 1. The lowest BCUT2D eigenvalue weighted by atomic mass is 10.1. The van der Waals surface area contributed by atoms with Crippen molar-refractivity contribution in [3.8, 4) is 0 Å². The van der Waals surface area contributed by atoms with Gasteiger partial charge in [-0.3, -0.25) is 0 Å². The molecule has 0 unspecified atom stereocenters. The number of nitrogens with one attached hydrogen (secondary N) is 1. The van der Waals surface area contributed by atoms with Crippen LogP contribution in [-0.4, -0.2) is 18.0 Å². The number of hydrogen-bond donors (Lipinski definition) is 1. The summed E-state index contributed by atoms with van der Waals surface area (Å²) in [5.41, 5.74) is 2.70. The van der Waals surface area contributed by atoms with E-state index in [0.717, 1.165) is 17.7 Å². The van der Waals surface area contributed by atoms with Gasteiger partial charge in [-0.05, 0) is 41.8 Å². The molecule has 2 amide bonds. The molecule has 0 aliphatic carbocycles. The summed E-state index contributed by atoms with van der Waals surface area (Å²) in [4.78, 5) is 13.6. The van der Waals surface area contributed by atoms with E-state index in [1.54, 1.807) is 19.2 Å². The lowest BCUT2D eigenvalue weighted by Gasteiger charge is -2.18. The maximum absolute atomic E-state index is 13.1. The van der Waals surface area contributed by atoms with Gasteiger partial charge in [0.05, 0.1) is 0 Å². The summed E-state index contributed by atoms with van der Waals surface area (Å²) in [6.07, 6.45) is 0.919. The second kappa shape index (κ2) is 6.88. The second-order valence-corrected chi connectivity index (χ2v) is 4.97. The van der Waals surface area contributed by atoms with E-state index in [9.17, 15) is 9.18 Å². The van der Waals surface area contributed by atoms with Gasteiger partial charge in [-0.25, -0.2) is 9.18 Å². The number of hydrogen-bond acceptors (Lipinski definition) is 1. The van der Waals surface area contributed by atoms with Gasteiger partial charge in [0.2, 0.25) is 0 Å². The third kappa shape index (κ3) is 4.31. The number of amides is 2. The van der Waals surface area contributed by atoms with E-state index in [-0.39, 0.29) is 11.8 Å². The first-order valence-electron chi connectivity index (χ1n) is 6.94. The summed E-state index contributed by atoms with van der Waals surface area (Å²) in [6.45, 7) is 2.42. The number of aryl methyl sites for hydroxylation is 1. The van der Waals surface area contributed by atoms with Gasteiger partial charge < -0.3 is 10.2 Å². The summed E-state index contributed by atoms with van der Waals surface area (Å²) >= 11 is 0. The van der Waals surface area contributed by atoms with Gasteiger partial charge in [0.15, 0.2) is 0 Å². The Hall–Kier alpha value is -2.36. The Kier molecular flexibility index (Phi) is 4.93. The van der Waals surface area contributed by atoms with Crippen LogP contribution in [0.3, 0.4) is 0 Å². The highest BCUT2D eigenvalue weighted by Crippen LogP contribution is 2.13. The van der Waals surface area contributed by atoms with Crippen LogP contribution in [0.1, 0.15) is 18.1 Å². The molecule has 0 aliphatic heterocycles. The third-order valence-electron chi connectivity index (χ3n) is 3.24. The van der Waals surface area contributed by atoms with Crippen molar-refractivity contribution in [3.63, 3.8) is 0 Å². The summed E-state index contributed by atoms with van der Waals surface area (Å²) in [5.74, 6) is -0.294. The minimum atomic E-state index is -0.294. The van der Waals surface area contributed by atoms with E-state index in [1.807, 2.05) is 24.3 Å². The predicted molar refractivity (Wildman–Crippen MR) is 82.7 cm³/mol. The molecular formula is C17H19FN2O. The molecule has 0 spiro atoms. The van der Waals surface area contributed by atoms with Crippen molar-refractivity contribution in [3.05, 3.63) is 65.5 Å². The van der Waals surface area contributed by atoms with Crippen LogP contribution in [0.25, 0.3) is 0 Å². The molecule has 0 saturated heterocycles. The van der Waals surface area contributed by atoms with Gasteiger partial charge in [0.25, 0.3) is 0 Å². The predicted octanol–water partition coefficient (Wildman–Crippen LogP) is 4.05. The van der Waals surface area contributed by atoms with Crippen molar-refractivity contribution in [1.29, 1.82) is 0 Å². The lowest BCUT2D eigenvalue weighted by molar-refractivity contribution is 0.220. The molecule has 0 saturated carbocycles. The van der Waals surface area contributed by atoms with E-state index in [0.29, 0.717) is 6.54 Å². The van der Waals surface area contributed by atoms with Crippen molar-refractivity contribution < 1.29 is 9.18 Å². The summed E-state index contributed by atoms with van der Waals surface area (Å²) < 4.78 is 13.1. The zero-order valence-electron chi connectivity index (χ0n) is 12.3. The van der Waals surface area contributed by atoms with E-state index < -0.39 is 0 Å². The Balaban J connectivity index is 1.99. The fraction of sp³-hybridized carbons (Fsp3) is 0.235. The maximum atomic E-state index is 13.1. The van der Waals surface area contributed by atoms with Gasteiger partial charge >= 0.3 is 6.03 Å². The van der Waals surface area contributed by atoms with Crippen LogP contribution in [0.4, 0.5) is 14.9 Å². The van der Waals surface area contributed by atoms with Gasteiger partial charge in [0.1, 0.15) is 5.82 Å². The van der Waals surface area contributed by atoms with E-state index in [1.165, 1.54) is 22.6 Å². The van der Waals surface area contributed by atoms with Crippen LogP contribution in [-0.2, 0) is 13.0 Å². The van der Waals surface area contributed by atoms with Gasteiger partial charge in [-0.2, -0.15) is 0 Å². The van der Waals surface area contributed by atoms with Crippen LogP contribution in [0.15, 0.2) is 48.5 Å². The highest BCUT2D eigenvalue weighted by molar-refractivity contribution is 5.89.